The molecule has 5 atom stereocenters. The first kappa shape index (κ1) is 19.9. The van der Waals surface area contributed by atoms with Gasteiger partial charge in [0.05, 0.1) is 25.4 Å². The molecule has 0 amide bonds. The smallest absolute Gasteiger partial charge is 0.333 e. The van der Waals surface area contributed by atoms with Crippen LogP contribution in [-0.2, 0) is 23.8 Å². The van der Waals surface area contributed by atoms with E-state index in [9.17, 15) is 9.59 Å². The van der Waals surface area contributed by atoms with Crippen LogP contribution in [0.4, 0.5) is 0 Å². The average molecular weight is 391 g/mol. The fraction of sp³-hybridized carbons (Fsp3) is 0.826. The standard InChI is InChI=1S/C23H34O5/c1-4-19(24)27-14-21(2)10-5-11-22(3)17(21)8-12-23(15-28-23)18(22)7-6-16-9-13-26-20(16)25/h6,17-18H,4-5,7-15H2,1-3H3/b16-6+/t17?,18?,21-,22?,23?/m0/s1. The minimum atomic E-state index is -0.150. The Kier molecular flexibility index (Phi) is 5.09. The van der Waals surface area contributed by atoms with Gasteiger partial charge >= 0.3 is 11.9 Å². The maximum absolute atomic E-state index is 11.9. The number of allylic oxidation sites excluding steroid dienone is 1. The molecule has 1 spiro atoms. The van der Waals surface area contributed by atoms with Crippen LogP contribution in [-0.4, -0.2) is 37.4 Å². The number of cyclic esters (lactones) is 1. The van der Waals surface area contributed by atoms with Crippen molar-refractivity contribution < 1.29 is 23.8 Å². The molecule has 0 N–H and O–H groups in total. The van der Waals surface area contributed by atoms with Gasteiger partial charge in [-0.25, -0.2) is 4.79 Å². The van der Waals surface area contributed by atoms with E-state index in [-0.39, 0.29) is 28.4 Å². The molecule has 2 aliphatic carbocycles. The van der Waals surface area contributed by atoms with Crippen molar-refractivity contribution in [1.29, 1.82) is 0 Å². The van der Waals surface area contributed by atoms with Crippen LogP contribution in [0.5, 0.6) is 0 Å². The van der Waals surface area contributed by atoms with Crippen LogP contribution in [0.3, 0.4) is 0 Å². The lowest BCUT2D eigenvalue weighted by Gasteiger charge is -2.59. The highest BCUT2D eigenvalue weighted by Gasteiger charge is 2.65. The first-order chi connectivity index (χ1) is 13.3. The molecule has 5 heteroatoms. The molecule has 2 saturated heterocycles. The van der Waals surface area contributed by atoms with Gasteiger partial charge in [0.1, 0.15) is 0 Å². The summed E-state index contributed by atoms with van der Waals surface area (Å²) in [6, 6.07) is 0. The summed E-state index contributed by atoms with van der Waals surface area (Å²) < 4.78 is 16.8. The van der Waals surface area contributed by atoms with Crippen molar-refractivity contribution >= 4 is 11.9 Å². The molecule has 2 aliphatic heterocycles. The number of esters is 2. The van der Waals surface area contributed by atoms with Crippen molar-refractivity contribution in [3.63, 3.8) is 0 Å². The van der Waals surface area contributed by atoms with Gasteiger partial charge < -0.3 is 14.2 Å². The van der Waals surface area contributed by atoms with Crippen molar-refractivity contribution in [2.24, 2.45) is 22.7 Å². The predicted octanol–water partition coefficient (Wildman–Crippen LogP) is 4.19. The molecule has 4 aliphatic rings. The van der Waals surface area contributed by atoms with E-state index in [1.807, 2.05) is 6.92 Å². The maximum atomic E-state index is 11.9. The van der Waals surface area contributed by atoms with Gasteiger partial charge in [-0.15, -0.1) is 0 Å². The quantitative estimate of drug-likeness (QED) is 0.400. The van der Waals surface area contributed by atoms with Gasteiger partial charge in [0.15, 0.2) is 0 Å². The third-order valence-electron chi connectivity index (χ3n) is 8.22. The van der Waals surface area contributed by atoms with Crippen molar-refractivity contribution in [3.8, 4) is 0 Å². The number of fused-ring (bicyclic) bond motifs is 1. The summed E-state index contributed by atoms with van der Waals surface area (Å²) in [6.07, 6.45) is 9.80. The Hall–Kier alpha value is -1.36. The lowest BCUT2D eigenvalue weighted by atomic mass is 9.45. The van der Waals surface area contributed by atoms with Crippen LogP contribution in [0.1, 0.15) is 72.1 Å². The van der Waals surface area contributed by atoms with Crippen LogP contribution >= 0.6 is 0 Å². The van der Waals surface area contributed by atoms with Gasteiger partial charge in [0.25, 0.3) is 0 Å². The molecule has 156 valence electrons. The largest absolute Gasteiger partial charge is 0.465 e. The number of epoxide rings is 1. The van der Waals surface area contributed by atoms with E-state index in [0.717, 1.165) is 50.7 Å². The average Bonchev–Trinajstić information content (AvgIpc) is 3.31. The number of rotatable bonds is 5. The second kappa shape index (κ2) is 7.16. The first-order valence-corrected chi connectivity index (χ1v) is 11.0. The Balaban J connectivity index is 1.57. The molecule has 0 aromatic rings. The number of hydrogen-bond acceptors (Lipinski definition) is 5. The molecular formula is C23H34O5. The molecule has 4 rings (SSSR count). The minimum Gasteiger partial charge on any atom is -0.465 e. The Morgan fingerprint density at radius 2 is 2.07 bits per heavy atom. The van der Waals surface area contributed by atoms with Crippen LogP contribution in [0.2, 0.25) is 0 Å². The zero-order valence-electron chi connectivity index (χ0n) is 17.6. The van der Waals surface area contributed by atoms with Gasteiger partial charge in [0.2, 0.25) is 0 Å². The molecule has 0 bridgehead atoms. The summed E-state index contributed by atoms with van der Waals surface area (Å²) in [4.78, 5) is 23.7. The second-order valence-electron chi connectivity index (χ2n) is 9.88. The van der Waals surface area contributed by atoms with Gasteiger partial charge in [-0.3, -0.25) is 4.79 Å². The summed E-state index contributed by atoms with van der Waals surface area (Å²) >= 11 is 0. The minimum absolute atomic E-state index is 0.0107. The summed E-state index contributed by atoms with van der Waals surface area (Å²) in [6.45, 7) is 8.46. The van der Waals surface area contributed by atoms with Gasteiger partial charge in [-0.05, 0) is 49.4 Å². The normalized spacial score (nSPS) is 43.7. The molecule has 4 unspecified atom stereocenters. The van der Waals surface area contributed by atoms with Gasteiger partial charge in [0, 0.05) is 23.8 Å². The van der Waals surface area contributed by atoms with E-state index < -0.39 is 0 Å². The summed E-state index contributed by atoms with van der Waals surface area (Å²) in [5.41, 5.74) is 0.978. The number of carbonyl (C=O) groups is 2. The van der Waals surface area contributed by atoms with E-state index in [2.05, 4.69) is 19.9 Å². The zero-order chi connectivity index (χ0) is 20.0. The predicted molar refractivity (Wildman–Crippen MR) is 104 cm³/mol. The molecule has 0 radical (unpaired) electrons. The fourth-order valence-corrected chi connectivity index (χ4v) is 6.61. The number of carbonyl (C=O) groups excluding carboxylic acids is 2. The Morgan fingerprint density at radius 1 is 1.29 bits per heavy atom. The van der Waals surface area contributed by atoms with Crippen molar-refractivity contribution in [2.45, 2.75) is 77.7 Å². The lowest BCUT2D eigenvalue weighted by Crippen LogP contribution is -2.56. The molecule has 0 aromatic heterocycles. The van der Waals surface area contributed by atoms with Crippen molar-refractivity contribution in [3.05, 3.63) is 11.6 Å². The highest BCUT2D eigenvalue weighted by Crippen LogP contribution is 2.66. The monoisotopic (exact) mass is 390 g/mol. The molecule has 28 heavy (non-hydrogen) atoms. The van der Waals surface area contributed by atoms with Gasteiger partial charge in [-0.2, -0.15) is 0 Å². The summed E-state index contributed by atoms with van der Waals surface area (Å²) in [5, 5.41) is 0. The number of ether oxygens (including phenoxy) is 3. The second-order valence-corrected chi connectivity index (χ2v) is 9.88. The van der Waals surface area contributed by atoms with E-state index in [1.54, 1.807) is 0 Å². The molecule has 5 nitrogen and oxygen atoms in total. The molecular weight excluding hydrogens is 356 g/mol. The third-order valence-corrected chi connectivity index (χ3v) is 8.22. The Labute approximate surface area is 168 Å². The molecule has 2 heterocycles. The van der Waals surface area contributed by atoms with E-state index in [4.69, 9.17) is 14.2 Å². The van der Waals surface area contributed by atoms with Crippen LogP contribution < -0.4 is 0 Å². The third kappa shape index (κ3) is 3.30. The van der Waals surface area contributed by atoms with E-state index in [1.165, 1.54) is 6.42 Å². The zero-order valence-corrected chi connectivity index (χ0v) is 17.6. The highest BCUT2D eigenvalue weighted by atomic mass is 16.6. The van der Waals surface area contributed by atoms with Gasteiger partial charge in [-0.1, -0.05) is 33.3 Å². The molecule has 4 fully saturated rings. The topological polar surface area (TPSA) is 65.1 Å². The summed E-state index contributed by atoms with van der Waals surface area (Å²) in [5.74, 6) is 0.656. The Bertz CT molecular complexity index is 678. The number of hydrogen-bond donors (Lipinski definition) is 0. The molecule has 2 saturated carbocycles. The van der Waals surface area contributed by atoms with E-state index in [0.29, 0.717) is 31.5 Å². The highest BCUT2D eigenvalue weighted by molar-refractivity contribution is 5.90. The van der Waals surface area contributed by atoms with Crippen molar-refractivity contribution in [2.75, 3.05) is 19.8 Å². The van der Waals surface area contributed by atoms with Crippen LogP contribution in [0.25, 0.3) is 0 Å². The fourth-order valence-electron chi connectivity index (χ4n) is 6.61. The Morgan fingerprint density at radius 3 is 2.71 bits per heavy atom. The van der Waals surface area contributed by atoms with E-state index >= 15 is 0 Å². The SMILES string of the molecule is CCC(=O)OC[C@]1(C)CCCC2(C)C(C/C=C3\CCOC3=O)C3(CCC21)CO3. The lowest BCUT2D eigenvalue weighted by molar-refractivity contribution is -0.160. The van der Waals surface area contributed by atoms with Crippen molar-refractivity contribution in [1.82, 2.24) is 0 Å². The first-order valence-electron chi connectivity index (χ1n) is 11.0. The molecule has 0 aromatic carbocycles. The summed E-state index contributed by atoms with van der Waals surface area (Å²) in [7, 11) is 0. The van der Waals surface area contributed by atoms with Crippen LogP contribution in [0.15, 0.2) is 11.6 Å². The maximum Gasteiger partial charge on any atom is 0.333 e. The van der Waals surface area contributed by atoms with Crippen LogP contribution in [0, 0.1) is 22.7 Å².